The van der Waals surface area contributed by atoms with Gasteiger partial charge in [0.2, 0.25) is 5.91 Å². The average molecular weight is 288 g/mol. The Morgan fingerprint density at radius 2 is 1.86 bits per heavy atom. The molecule has 21 heavy (non-hydrogen) atoms. The Balaban J connectivity index is 1.77. The topological polar surface area (TPSA) is 32.3 Å². The Hall–Kier alpha value is -1.35. The third-order valence-electron chi connectivity index (χ3n) is 4.32. The number of benzene rings is 1. The molecule has 1 fully saturated rings. The first-order valence-electron chi connectivity index (χ1n) is 8.13. The minimum absolute atomic E-state index is 0.0767. The summed E-state index contributed by atoms with van der Waals surface area (Å²) < 4.78 is 0. The zero-order valence-corrected chi connectivity index (χ0v) is 13.6. The Kier molecular flexibility index (Phi) is 5.80. The molecule has 0 saturated heterocycles. The van der Waals surface area contributed by atoms with Crippen LogP contribution in [0.1, 0.15) is 51.0 Å². The van der Waals surface area contributed by atoms with E-state index >= 15 is 0 Å². The minimum Gasteiger partial charge on any atom is -0.325 e. The van der Waals surface area contributed by atoms with Crippen LogP contribution in [0, 0.1) is 5.92 Å². The van der Waals surface area contributed by atoms with E-state index in [2.05, 4.69) is 36.2 Å². The highest BCUT2D eigenvalue weighted by atomic mass is 16.2. The van der Waals surface area contributed by atoms with E-state index in [0.717, 1.165) is 18.2 Å². The van der Waals surface area contributed by atoms with Crippen LogP contribution in [0.3, 0.4) is 0 Å². The molecule has 0 aliphatic heterocycles. The van der Waals surface area contributed by atoms with Gasteiger partial charge in [0, 0.05) is 12.2 Å². The van der Waals surface area contributed by atoms with Crippen molar-refractivity contribution in [3.63, 3.8) is 0 Å². The number of likely N-dealkylation sites (N-methyl/N-ethyl adjacent to an activating group) is 1. The van der Waals surface area contributed by atoms with E-state index in [4.69, 9.17) is 0 Å². The molecule has 0 bridgehead atoms. The molecule has 2 rings (SSSR count). The van der Waals surface area contributed by atoms with E-state index < -0.39 is 0 Å². The Bertz CT molecular complexity index is 447. The summed E-state index contributed by atoms with van der Waals surface area (Å²) in [5.74, 6) is 1.38. The maximum atomic E-state index is 12.1. The van der Waals surface area contributed by atoms with Gasteiger partial charge >= 0.3 is 0 Å². The quantitative estimate of drug-likeness (QED) is 0.862. The number of nitrogens with zero attached hydrogens (tertiary/aromatic N) is 1. The summed E-state index contributed by atoms with van der Waals surface area (Å²) >= 11 is 0. The van der Waals surface area contributed by atoms with Crippen LogP contribution in [0.5, 0.6) is 0 Å². The molecule has 1 aliphatic carbocycles. The number of hydrogen-bond acceptors (Lipinski definition) is 2. The molecule has 0 radical (unpaired) electrons. The minimum atomic E-state index is 0.0767. The average Bonchev–Trinajstić information content (AvgIpc) is 2.91. The van der Waals surface area contributed by atoms with E-state index in [1.165, 1.54) is 31.2 Å². The van der Waals surface area contributed by atoms with Crippen LogP contribution in [0.15, 0.2) is 24.3 Å². The van der Waals surface area contributed by atoms with E-state index in [0.29, 0.717) is 12.5 Å². The van der Waals surface area contributed by atoms with Crippen LogP contribution < -0.4 is 5.32 Å². The lowest BCUT2D eigenvalue weighted by molar-refractivity contribution is -0.117. The molecule has 0 aromatic heterocycles. The predicted molar refractivity (Wildman–Crippen MR) is 88.6 cm³/mol. The second-order valence-corrected chi connectivity index (χ2v) is 6.67. The smallest absolute Gasteiger partial charge is 0.238 e. The lowest BCUT2D eigenvalue weighted by atomic mass is 10.0. The standard InChI is InChI=1S/C18H28N2O/c1-14(2)16-8-10-17(11-9-16)19-18(21)13-20(3)12-15-6-4-5-7-15/h8-11,14-15H,4-7,12-13H2,1-3H3,(H,19,21). The fourth-order valence-corrected chi connectivity index (χ4v) is 3.10. The summed E-state index contributed by atoms with van der Waals surface area (Å²) in [5.41, 5.74) is 2.19. The van der Waals surface area contributed by atoms with Crippen molar-refractivity contribution in [3.05, 3.63) is 29.8 Å². The maximum Gasteiger partial charge on any atom is 0.238 e. The van der Waals surface area contributed by atoms with Crippen molar-refractivity contribution < 1.29 is 4.79 Å². The van der Waals surface area contributed by atoms with Crippen molar-refractivity contribution in [2.75, 3.05) is 25.5 Å². The molecule has 116 valence electrons. The second-order valence-electron chi connectivity index (χ2n) is 6.67. The van der Waals surface area contributed by atoms with E-state index in [1.807, 2.05) is 19.2 Å². The second kappa shape index (κ2) is 7.60. The molecule has 1 aromatic carbocycles. The van der Waals surface area contributed by atoms with Gasteiger partial charge < -0.3 is 5.32 Å². The Morgan fingerprint density at radius 3 is 2.43 bits per heavy atom. The third-order valence-corrected chi connectivity index (χ3v) is 4.32. The number of hydrogen-bond donors (Lipinski definition) is 1. The normalized spacial score (nSPS) is 15.9. The molecular formula is C18H28N2O. The van der Waals surface area contributed by atoms with Gasteiger partial charge in [0.15, 0.2) is 0 Å². The molecule has 1 amide bonds. The van der Waals surface area contributed by atoms with Crippen LogP contribution >= 0.6 is 0 Å². The summed E-state index contributed by atoms with van der Waals surface area (Å²) in [6.07, 6.45) is 5.35. The number of rotatable bonds is 6. The lowest BCUT2D eigenvalue weighted by Gasteiger charge is -2.20. The van der Waals surface area contributed by atoms with Gasteiger partial charge in [-0.2, -0.15) is 0 Å². The highest BCUT2D eigenvalue weighted by Crippen LogP contribution is 2.25. The lowest BCUT2D eigenvalue weighted by Crippen LogP contribution is -2.33. The number of carbonyl (C=O) groups excluding carboxylic acids is 1. The predicted octanol–water partition coefficient (Wildman–Crippen LogP) is 3.87. The van der Waals surface area contributed by atoms with Crippen molar-refractivity contribution in [2.24, 2.45) is 5.92 Å². The van der Waals surface area contributed by atoms with Gasteiger partial charge in [0.05, 0.1) is 6.54 Å². The van der Waals surface area contributed by atoms with Crippen LogP contribution in [-0.4, -0.2) is 30.9 Å². The summed E-state index contributed by atoms with van der Waals surface area (Å²) in [6.45, 7) is 5.86. The molecule has 0 unspecified atom stereocenters. The summed E-state index contributed by atoms with van der Waals surface area (Å²) in [6, 6.07) is 8.15. The summed E-state index contributed by atoms with van der Waals surface area (Å²) in [7, 11) is 2.04. The van der Waals surface area contributed by atoms with Gasteiger partial charge in [-0.25, -0.2) is 0 Å². The Morgan fingerprint density at radius 1 is 1.24 bits per heavy atom. The van der Waals surface area contributed by atoms with Gasteiger partial charge in [-0.3, -0.25) is 9.69 Å². The zero-order valence-electron chi connectivity index (χ0n) is 13.6. The van der Waals surface area contributed by atoms with Gasteiger partial charge in [-0.15, -0.1) is 0 Å². The van der Waals surface area contributed by atoms with E-state index in [9.17, 15) is 4.79 Å². The van der Waals surface area contributed by atoms with Gasteiger partial charge in [0.1, 0.15) is 0 Å². The van der Waals surface area contributed by atoms with Crippen molar-refractivity contribution in [3.8, 4) is 0 Å². The molecule has 1 N–H and O–H groups in total. The molecule has 1 aliphatic rings. The summed E-state index contributed by atoms with van der Waals surface area (Å²) in [5, 5.41) is 2.98. The number of carbonyl (C=O) groups is 1. The van der Waals surface area contributed by atoms with Gasteiger partial charge in [-0.1, -0.05) is 38.8 Å². The molecular weight excluding hydrogens is 260 g/mol. The maximum absolute atomic E-state index is 12.1. The van der Waals surface area contributed by atoms with Crippen LogP contribution in [0.4, 0.5) is 5.69 Å². The SMILES string of the molecule is CC(C)c1ccc(NC(=O)CN(C)CC2CCCC2)cc1. The third kappa shape index (κ3) is 5.16. The van der Waals surface area contributed by atoms with Crippen molar-refractivity contribution in [2.45, 2.75) is 45.4 Å². The molecule has 0 spiro atoms. The highest BCUT2D eigenvalue weighted by molar-refractivity contribution is 5.92. The monoisotopic (exact) mass is 288 g/mol. The summed E-state index contributed by atoms with van der Waals surface area (Å²) in [4.78, 5) is 14.2. The fraction of sp³-hybridized carbons (Fsp3) is 0.611. The zero-order chi connectivity index (χ0) is 15.2. The Labute approximate surface area is 128 Å². The van der Waals surface area contributed by atoms with E-state index in [1.54, 1.807) is 0 Å². The highest BCUT2D eigenvalue weighted by Gasteiger charge is 2.17. The van der Waals surface area contributed by atoms with Crippen LogP contribution in [0.25, 0.3) is 0 Å². The first-order valence-corrected chi connectivity index (χ1v) is 8.13. The largest absolute Gasteiger partial charge is 0.325 e. The fourth-order valence-electron chi connectivity index (χ4n) is 3.10. The molecule has 1 aromatic rings. The molecule has 3 nitrogen and oxygen atoms in total. The van der Waals surface area contributed by atoms with Crippen molar-refractivity contribution in [1.29, 1.82) is 0 Å². The number of anilines is 1. The van der Waals surface area contributed by atoms with Crippen LogP contribution in [-0.2, 0) is 4.79 Å². The first-order chi connectivity index (χ1) is 10.0. The van der Waals surface area contributed by atoms with Crippen LogP contribution in [0.2, 0.25) is 0 Å². The van der Waals surface area contributed by atoms with Gasteiger partial charge in [0.25, 0.3) is 0 Å². The van der Waals surface area contributed by atoms with Crippen molar-refractivity contribution >= 4 is 11.6 Å². The molecule has 1 saturated carbocycles. The van der Waals surface area contributed by atoms with E-state index in [-0.39, 0.29) is 5.91 Å². The molecule has 0 atom stereocenters. The number of nitrogens with one attached hydrogen (secondary N) is 1. The molecule has 3 heteroatoms. The van der Waals surface area contributed by atoms with Gasteiger partial charge in [-0.05, 0) is 49.4 Å². The molecule has 0 heterocycles. The van der Waals surface area contributed by atoms with Crippen molar-refractivity contribution in [1.82, 2.24) is 4.90 Å². The first kappa shape index (κ1) is 16.0. The number of amides is 1.